The highest BCUT2D eigenvalue weighted by molar-refractivity contribution is 5.77. The average molecular weight is 309 g/mol. The Morgan fingerprint density at radius 2 is 1.96 bits per heavy atom. The summed E-state index contributed by atoms with van der Waals surface area (Å²) >= 11 is 0. The van der Waals surface area contributed by atoms with Gasteiger partial charge in [0, 0.05) is 6.42 Å². The zero-order valence-corrected chi connectivity index (χ0v) is 12.9. The van der Waals surface area contributed by atoms with Gasteiger partial charge in [-0.1, -0.05) is 30.3 Å². The van der Waals surface area contributed by atoms with Gasteiger partial charge in [0.05, 0.1) is 17.1 Å². The minimum atomic E-state index is -0.195. The first kappa shape index (κ1) is 15.1. The number of fused-ring (bicyclic) bond motifs is 1. The average Bonchev–Trinajstić information content (AvgIpc) is 2.98. The van der Waals surface area contributed by atoms with Crippen LogP contribution in [-0.4, -0.2) is 21.0 Å². The van der Waals surface area contributed by atoms with Gasteiger partial charge in [0.2, 0.25) is 5.91 Å². The highest BCUT2D eigenvalue weighted by Gasteiger charge is 2.14. The summed E-state index contributed by atoms with van der Waals surface area (Å²) in [5.41, 5.74) is 2.62. The van der Waals surface area contributed by atoms with Gasteiger partial charge in [0.1, 0.15) is 11.6 Å². The molecule has 0 aliphatic carbocycles. The van der Waals surface area contributed by atoms with Crippen LogP contribution < -0.4 is 5.32 Å². The Hall–Kier alpha value is -2.82. The van der Waals surface area contributed by atoms with Gasteiger partial charge in [-0.05, 0) is 37.1 Å². The predicted molar refractivity (Wildman–Crippen MR) is 89.1 cm³/mol. The van der Waals surface area contributed by atoms with Gasteiger partial charge >= 0.3 is 0 Å². The summed E-state index contributed by atoms with van der Waals surface area (Å²) in [4.78, 5) is 19.8. The Kier molecular flexibility index (Phi) is 4.28. The number of hydrogen-bond acceptors (Lipinski definition) is 3. The van der Waals surface area contributed by atoms with E-state index in [-0.39, 0.29) is 17.7 Å². The molecule has 0 spiro atoms. The van der Waals surface area contributed by atoms with Gasteiger partial charge in [0.15, 0.2) is 0 Å². The highest BCUT2D eigenvalue weighted by atomic mass is 16.3. The van der Waals surface area contributed by atoms with E-state index in [0.29, 0.717) is 12.8 Å². The molecule has 5 heteroatoms. The third kappa shape index (κ3) is 3.51. The van der Waals surface area contributed by atoms with Crippen molar-refractivity contribution in [1.29, 1.82) is 0 Å². The molecule has 3 rings (SSSR count). The number of phenolic OH excluding ortho intramolecular Hbond substituents is 1. The second-order valence-electron chi connectivity index (χ2n) is 5.56. The van der Waals surface area contributed by atoms with Crippen LogP contribution in [0.15, 0.2) is 48.5 Å². The molecule has 0 radical (unpaired) electrons. The van der Waals surface area contributed by atoms with Crippen molar-refractivity contribution in [3.05, 3.63) is 59.9 Å². The number of para-hydroxylation sites is 3. The molecule has 1 unspecified atom stereocenters. The smallest absolute Gasteiger partial charge is 0.220 e. The number of benzene rings is 2. The molecule has 1 amide bonds. The Bertz CT molecular complexity index is 793. The summed E-state index contributed by atoms with van der Waals surface area (Å²) in [5, 5.41) is 12.6. The molecule has 0 aliphatic rings. The van der Waals surface area contributed by atoms with Gasteiger partial charge in [-0.2, -0.15) is 0 Å². The molecule has 0 aliphatic heterocycles. The van der Waals surface area contributed by atoms with Crippen molar-refractivity contribution in [2.24, 2.45) is 0 Å². The number of nitrogens with one attached hydrogen (secondary N) is 2. The standard InChI is InChI=1S/C18H19N3O2/c1-12(18-20-14-7-3-4-8-15(14)21-18)19-17(23)11-10-13-6-2-5-9-16(13)22/h2-9,12,22H,10-11H2,1H3,(H,19,23)(H,20,21). The van der Waals surface area contributed by atoms with Crippen LogP contribution in [0.2, 0.25) is 0 Å². The van der Waals surface area contributed by atoms with E-state index in [1.807, 2.05) is 43.3 Å². The lowest BCUT2D eigenvalue weighted by Crippen LogP contribution is -2.27. The molecule has 23 heavy (non-hydrogen) atoms. The Balaban J connectivity index is 1.60. The zero-order valence-electron chi connectivity index (χ0n) is 12.9. The number of hydrogen-bond donors (Lipinski definition) is 3. The number of nitrogens with zero attached hydrogens (tertiary/aromatic N) is 1. The summed E-state index contributed by atoms with van der Waals surface area (Å²) in [6.45, 7) is 1.90. The van der Waals surface area contributed by atoms with E-state index < -0.39 is 0 Å². The SMILES string of the molecule is CC(NC(=O)CCc1ccccc1O)c1nc2ccccc2[nH]1. The number of H-pyrrole nitrogens is 1. The molecule has 1 heterocycles. The molecule has 5 nitrogen and oxygen atoms in total. The Morgan fingerprint density at radius 3 is 2.74 bits per heavy atom. The number of carbonyl (C=O) groups is 1. The summed E-state index contributed by atoms with van der Waals surface area (Å²) in [6, 6.07) is 14.6. The molecule has 3 aromatic rings. The van der Waals surface area contributed by atoms with Crippen molar-refractivity contribution in [1.82, 2.24) is 15.3 Å². The van der Waals surface area contributed by atoms with Crippen LogP contribution in [-0.2, 0) is 11.2 Å². The van der Waals surface area contributed by atoms with E-state index in [4.69, 9.17) is 0 Å². The van der Waals surface area contributed by atoms with E-state index in [0.717, 1.165) is 22.4 Å². The molecule has 118 valence electrons. The molecule has 0 bridgehead atoms. The number of amides is 1. The summed E-state index contributed by atoms with van der Waals surface area (Å²) in [7, 11) is 0. The molecule has 0 saturated heterocycles. The van der Waals surface area contributed by atoms with Crippen molar-refractivity contribution < 1.29 is 9.90 Å². The second kappa shape index (κ2) is 6.52. The van der Waals surface area contributed by atoms with Crippen molar-refractivity contribution in [3.63, 3.8) is 0 Å². The largest absolute Gasteiger partial charge is 0.508 e. The topological polar surface area (TPSA) is 78.0 Å². The van der Waals surface area contributed by atoms with Crippen molar-refractivity contribution in [2.75, 3.05) is 0 Å². The summed E-state index contributed by atoms with van der Waals surface area (Å²) in [5.74, 6) is 0.897. The number of aryl methyl sites for hydroxylation is 1. The first-order valence-corrected chi connectivity index (χ1v) is 7.64. The minimum absolute atomic E-state index is 0.0683. The third-order valence-corrected chi connectivity index (χ3v) is 3.81. The number of aromatic amines is 1. The fourth-order valence-electron chi connectivity index (χ4n) is 2.53. The van der Waals surface area contributed by atoms with Crippen LogP contribution in [0.5, 0.6) is 5.75 Å². The van der Waals surface area contributed by atoms with Gasteiger partial charge in [0.25, 0.3) is 0 Å². The lowest BCUT2D eigenvalue weighted by molar-refractivity contribution is -0.121. The van der Waals surface area contributed by atoms with Gasteiger partial charge in [-0.15, -0.1) is 0 Å². The number of carbonyl (C=O) groups excluding carboxylic acids is 1. The molecule has 0 fully saturated rings. The molecular weight excluding hydrogens is 290 g/mol. The molecule has 1 atom stereocenters. The number of aromatic hydroxyl groups is 1. The number of aromatic nitrogens is 2. The maximum atomic E-state index is 12.1. The zero-order chi connectivity index (χ0) is 16.2. The number of imidazole rings is 1. The summed E-state index contributed by atoms with van der Waals surface area (Å²) < 4.78 is 0. The number of phenols is 1. The molecule has 3 N–H and O–H groups in total. The van der Waals surface area contributed by atoms with Crippen LogP contribution >= 0.6 is 0 Å². The van der Waals surface area contributed by atoms with Crippen LogP contribution in [0.25, 0.3) is 11.0 Å². The van der Waals surface area contributed by atoms with E-state index in [9.17, 15) is 9.90 Å². The van der Waals surface area contributed by atoms with E-state index in [2.05, 4.69) is 15.3 Å². The number of rotatable bonds is 5. The second-order valence-corrected chi connectivity index (χ2v) is 5.56. The van der Waals surface area contributed by atoms with Gasteiger partial charge in [-0.25, -0.2) is 4.98 Å². The molecule has 2 aromatic carbocycles. The lowest BCUT2D eigenvalue weighted by Gasteiger charge is -2.11. The monoisotopic (exact) mass is 309 g/mol. The highest BCUT2D eigenvalue weighted by Crippen LogP contribution is 2.18. The van der Waals surface area contributed by atoms with Crippen molar-refractivity contribution in [3.8, 4) is 5.75 Å². The molecular formula is C18H19N3O2. The first-order chi connectivity index (χ1) is 11.1. The Labute approximate surface area is 134 Å². The first-order valence-electron chi connectivity index (χ1n) is 7.64. The van der Waals surface area contributed by atoms with Crippen molar-refractivity contribution >= 4 is 16.9 Å². The van der Waals surface area contributed by atoms with E-state index in [1.54, 1.807) is 12.1 Å². The lowest BCUT2D eigenvalue weighted by atomic mass is 10.1. The van der Waals surface area contributed by atoms with Gasteiger partial charge in [-0.3, -0.25) is 4.79 Å². The molecule has 0 saturated carbocycles. The maximum absolute atomic E-state index is 12.1. The Morgan fingerprint density at radius 1 is 1.22 bits per heavy atom. The van der Waals surface area contributed by atoms with Crippen LogP contribution in [0.4, 0.5) is 0 Å². The minimum Gasteiger partial charge on any atom is -0.508 e. The third-order valence-electron chi connectivity index (χ3n) is 3.81. The quantitative estimate of drug-likeness (QED) is 0.678. The van der Waals surface area contributed by atoms with Crippen LogP contribution in [0.3, 0.4) is 0 Å². The van der Waals surface area contributed by atoms with Gasteiger partial charge < -0.3 is 15.4 Å². The summed E-state index contributed by atoms with van der Waals surface area (Å²) in [6.07, 6.45) is 0.827. The van der Waals surface area contributed by atoms with Crippen molar-refractivity contribution in [2.45, 2.75) is 25.8 Å². The van der Waals surface area contributed by atoms with Crippen LogP contribution in [0.1, 0.15) is 30.8 Å². The normalized spacial score (nSPS) is 12.2. The van der Waals surface area contributed by atoms with Crippen LogP contribution in [0, 0.1) is 0 Å². The van der Waals surface area contributed by atoms with E-state index in [1.165, 1.54) is 0 Å². The maximum Gasteiger partial charge on any atom is 0.220 e. The fourth-order valence-corrected chi connectivity index (χ4v) is 2.53. The predicted octanol–water partition coefficient (Wildman–Crippen LogP) is 3.08. The van der Waals surface area contributed by atoms with E-state index >= 15 is 0 Å². The molecule has 1 aromatic heterocycles. The fraction of sp³-hybridized carbons (Fsp3) is 0.222.